The smallest absolute Gasteiger partial charge is 0.393 e. The Kier molecular flexibility index (Phi) is 7.88. The van der Waals surface area contributed by atoms with Gasteiger partial charge in [0.05, 0.1) is 26.4 Å². The molecule has 13 heteroatoms. The fourth-order valence-electron chi connectivity index (χ4n) is 5.34. The molecule has 1 amide bonds. The number of hydrogen-bond acceptors (Lipinski definition) is 7. The number of carbonyl (C=O) groups excluding carboxylic acids is 1. The summed E-state index contributed by atoms with van der Waals surface area (Å²) in [6.07, 6.45) is -6.76. The van der Waals surface area contributed by atoms with Gasteiger partial charge in [0, 0.05) is 11.8 Å². The Bertz CT molecular complexity index is 1510. The first kappa shape index (κ1) is 28.7. The average molecular weight is 576 g/mol. The summed E-state index contributed by atoms with van der Waals surface area (Å²) in [6.45, 7) is -0.335. The highest BCUT2D eigenvalue weighted by Crippen LogP contribution is 2.49. The summed E-state index contributed by atoms with van der Waals surface area (Å²) < 4.78 is 60.3. The van der Waals surface area contributed by atoms with Crippen molar-refractivity contribution < 1.29 is 37.3 Å². The molecule has 4 atom stereocenters. The fourth-order valence-corrected chi connectivity index (χ4v) is 5.34. The highest BCUT2D eigenvalue weighted by molar-refractivity contribution is 5.83. The molecule has 3 heterocycles. The highest BCUT2D eigenvalue weighted by Gasteiger charge is 2.68. The molecule has 0 aliphatic carbocycles. The zero-order valence-electron chi connectivity index (χ0n) is 22.0. The molecule has 3 aromatic rings. The number of morpholine rings is 1. The van der Waals surface area contributed by atoms with Crippen molar-refractivity contribution in [1.29, 1.82) is 0 Å². The minimum atomic E-state index is -5.22. The van der Waals surface area contributed by atoms with Crippen LogP contribution in [0.5, 0.6) is 0 Å². The summed E-state index contributed by atoms with van der Waals surface area (Å²) >= 11 is 0. The van der Waals surface area contributed by atoms with Crippen LogP contribution in [0.4, 0.5) is 13.2 Å². The van der Waals surface area contributed by atoms with Gasteiger partial charge >= 0.3 is 17.8 Å². The quantitative estimate of drug-likeness (QED) is 0.416. The molecule has 0 unspecified atom stereocenters. The zero-order valence-corrected chi connectivity index (χ0v) is 22.0. The third-order valence-corrected chi connectivity index (χ3v) is 7.29. The van der Waals surface area contributed by atoms with Crippen LogP contribution >= 0.6 is 0 Å². The number of aliphatic hydroxyl groups excluding tert-OH is 1. The van der Waals surface area contributed by atoms with E-state index in [9.17, 15) is 32.7 Å². The van der Waals surface area contributed by atoms with Gasteiger partial charge in [-0.15, -0.1) is 0 Å². The molecule has 0 saturated carbocycles. The van der Waals surface area contributed by atoms with E-state index >= 15 is 0 Å². The van der Waals surface area contributed by atoms with Crippen molar-refractivity contribution in [2.24, 2.45) is 0 Å². The van der Waals surface area contributed by atoms with Gasteiger partial charge in [0.25, 0.3) is 5.56 Å². The number of rotatable bonds is 9. The standard InChI is InChI=1S/C28H28F3N3O7/c1-18-12-32(26(38)34(23(18)36)17-39-13-19-8-4-2-5-9-19)24-21-22(40-14-20-10-6-3-7-11-20)27(16-35,41-24)15-33(21)25(37)28(29,30)31/h2-12,21-22,24,35H,13-17H2,1H3/t21-,22-,24-,27-/m1/s1. The van der Waals surface area contributed by atoms with Gasteiger partial charge in [0.1, 0.15) is 24.5 Å². The predicted molar refractivity (Wildman–Crippen MR) is 137 cm³/mol. The second-order valence-electron chi connectivity index (χ2n) is 10.1. The first-order valence-electron chi connectivity index (χ1n) is 12.8. The lowest BCUT2D eigenvalue weighted by Crippen LogP contribution is -2.55. The van der Waals surface area contributed by atoms with Crippen LogP contribution in [0.3, 0.4) is 0 Å². The first-order chi connectivity index (χ1) is 19.6. The molecule has 1 aromatic heterocycles. The molecule has 41 heavy (non-hydrogen) atoms. The molecule has 2 fully saturated rings. The van der Waals surface area contributed by atoms with Crippen molar-refractivity contribution in [3.05, 3.63) is 104 Å². The second-order valence-corrected chi connectivity index (χ2v) is 10.1. The molecule has 2 saturated heterocycles. The Morgan fingerprint density at radius 2 is 1.66 bits per heavy atom. The Hall–Kier alpha value is -3.78. The molecule has 2 aromatic carbocycles. The van der Waals surface area contributed by atoms with Crippen LogP contribution in [0.2, 0.25) is 0 Å². The van der Waals surface area contributed by atoms with Gasteiger partial charge in [-0.2, -0.15) is 13.2 Å². The van der Waals surface area contributed by atoms with E-state index < -0.39 is 67.2 Å². The highest BCUT2D eigenvalue weighted by atomic mass is 19.4. The van der Waals surface area contributed by atoms with E-state index in [0.717, 1.165) is 14.7 Å². The van der Waals surface area contributed by atoms with E-state index in [1.54, 1.807) is 54.6 Å². The number of hydrogen-bond donors (Lipinski definition) is 1. The molecule has 2 aliphatic heterocycles. The molecule has 2 bridgehead atoms. The van der Waals surface area contributed by atoms with Crippen molar-refractivity contribution in [2.45, 2.75) is 57.0 Å². The zero-order chi connectivity index (χ0) is 29.4. The van der Waals surface area contributed by atoms with Gasteiger partial charge in [-0.25, -0.2) is 9.36 Å². The molecular weight excluding hydrogens is 547 g/mol. The number of alkyl halides is 3. The van der Waals surface area contributed by atoms with Gasteiger partial charge in [0.2, 0.25) is 0 Å². The first-order valence-corrected chi connectivity index (χ1v) is 12.8. The third kappa shape index (κ3) is 5.45. The number of aromatic nitrogens is 2. The lowest BCUT2D eigenvalue weighted by molar-refractivity contribution is -0.202. The van der Waals surface area contributed by atoms with Gasteiger partial charge < -0.3 is 24.2 Å². The number of likely N-dealkylation sites (tertiary alicyclic amines) is 1. The lowest BCUT2D eigenvalue weighted by atomic mass is 10.00. The topological polar surface area (TPSA) is 112 Å². The third-order valence-electron chi connectivity index (χ3n) is 7.29. The SMILES string of the molecule is Cc1cn([C@@H]2O[C@@]3(CO)CN(C(=O)C(F)(F)F)[C@@H]2[C@H]3OCc2ccccc2)c(=O)n(COCc2ccccc2)c1=O. The molecule has 10 nitrogen and oxygen atoms in total. The summed E-state index contributed by atoms with van der Waals surface area (Å²) in [5.41, 5.74) is -1.72. The molecular formula is C28H28F3N3O7. The number of fused-ring (bicyclic) bond motifs is 2. The van der Waals surface area contributed by atoms with Crippen LogP contribution in [0.1, 0.15) is 22.9 Å². The summed E-state index contributed by atoms with van der Waals surface area (Å²) in [7, 11) is 0. The van der Waals surface area contributed by atoms with E-state index in [1.165, 1.54) is 13.1 Å². The Morgan fingerprint density at radius 3 is 2.24 bits per heavy atom. The van der Waals surface area contributed by atoms with Crippen molar-refractivity contribution in [3.63, 3.8) is 0 Å². The van der Waals surface area contributed by atoms with Gasteiger partial charge in [-0.05, 0) is 18.1 Å². The Morgan fingerprint density at radius 1 is 1.05 bits per heavy atom. The van der Waals surface area contributed by atoms with Crippen molar-refractivity contribution >= 4 is 5.91 Å². The van der Waals surface area contributed by atoms with E-state index in [1.807, 2.05) is 6.07 Å². The number of carbonyl (C=O) groups is 1. The number of amides is 1. The van der Waals surface area contributed by atoms with Crippen LogP contribution < -0.4 is 11.2 Å². The molecule has 0 radical (unpaired) electrons. The second kappa shape index (κ2) is 11.2. The van der Waals surface area contributed by atoms with Crippen LogP contribution in [-0.4, -0.2) is 62.1 Å². The van der Waals surface area contributed by atoms with Gasteiger partial charge in [0.15, 0.2) is 6.23 Å². The maximum Gasteiger partial charge on any atom is 0.471 e. The molecule has 2 aliphatic rings. The number of nitrogens with zero attached hydrogens (tertiary/aromatic N) is 3. The molecule has 5 rings (SSSR count). The average Bonchev–Trinajstić information content (AvgIpc) is 3.45. The summed E-state index contributed by atoms with van der Waals surface area (Å²) in [4.78, 5) is 39.4. The predicted octanol–water partition coefficient (Wildman–Crippen LogP) is 2.11. The number of benzene rings is 2. The Labute approximate surface area is 232 Å². The van der Waals surface area contributed by atoms with Crippen LogP contribution in [0, 0.1) is 6.92 Å². The Balaban J connectivity index is 1.50. The summed E-state index contributed by atoms with van der Waals surface area (Å²) in [5, 5.41) is 10.3. The van der Waals surface area contributed by atoms with E-state index in [2.05, 4.69) is 0 Å². The lowest BCUT2D eigenvalue weighted by Gasteiger charge is -2.37. The van der Waals surface area contributed by atoms with E-state index in [0.29, 0.717) is 10.5 Å². The number of ether oxygens (including phenoxy) is 3. The van der Waals surface area contributed by atoms with Crippen molar-refractivity contribution in [3.8, 4) is 0 Å². The van der Waals surface area contributed by atoms with Crippen molar-refractivity contribution in [2.75, 3.05) is 13.2 Å². The monoisotopic (exact) mass is 575 g/mol. The largest absolute Gasteiger partial charge is 0.471 e. The number of aliphatic hydroxyl groups is 1. The number of halogens is 3. The van der Waals surface area contributed by atoms with Crippen LogP contribution in [-0.2, 0) is 38.9 Å². The van der Waals surface area contributed by atoms with Crippen molar-refractivity contribution in [1.82, 2.24) is 14.0 Å². The maximum absolute atomic E-state index is 13.6. The van der Waals surface area contributed by atoms with E-state index in [-0.39, 0.29) is 18.8 Å². The summed E-state index contributed by atoms with van der Waals surface area (Å²) in [6, 6.07) is 16.4. The normalized spacial score (nSPS) is 23.7. The molecule has 218 valence electrons. The van der Waals surface area contributed by atoms with Crippen LogP contribution in [0.15, 0.2) is 76.4 Å². The minimum absolute atomic E-state index is 0.0470. The molecule has 0 spiro atoms. The van der Waals surface area contributed by atoms with Crippen LogP contribution in [0.25, 0.3) is 0 Å². The van der Waals surface area contributed by atoms with Gasteiger partial charge in [-0.1, -0.05) is 60.7 Å². The minimum Gasteiger partial charge on any atom is -0.393 e. The summed E-state index contributed by atoms with van der Waals surface area (Å²) in [5.74, 6) is -2.15. The fraction of sp³-hybridized carbons (Fsp3) is 0.393. The van der Waals surface area contributed by atoms with Gasteiger partial charge in [-0.3, -0.25) is 14.2 Å². The molecule has 1 N–H and O–H groups in total. The number of aryl methyl sites for hydroxylation is 1. The van der Waals surface area contributed by atoms with E-state index in [4.69, 9.17) is 14.2 Å². The maximum atomic E-state index is 13.6.